The van der Waals surface area contributed by atoms with Gasteiger partial charge in [-0.2, -0.15) is 5.10 Å². The maximum atomic E-state index is 12.1. The van der Waals surface area contributed by atoms with Gasteiger partial charge in [-0.25, -0.2) is 9.67 Å². The van der Waals surface area contributed by atoms with Crippen LogP contribution in [0.4, 0.5) is 0 Å². The second-order valence-corrected chi connectivity index (χ2v) is 4.89. The highest BCUT2D eigenvalue weighted by molar-refractivity contribution is 5.95. The van der Waals surface area contributed by atoms with Gasteiger partial charge in [0.15, 0.2) is 0 Å². The SMILES string of the molecule is Cc1cc(-n2cncn2)ccc1C(=O)NCC(C)CN. The Bertz CT molecular complexity index is 579. The molecule has 1 amide bonds. The first-order valence-electron chi connectivity index (χ1n) is 6.55. The molecule has 2 aromatic rings. The summed E-state index contributed by atoms with van der Waals surface area (Å²) in [6.45, 7) is 5.05. The van der Waals surface area contributed by atoms with Crippen LogP contribution in [0.2, 0.25) is 0 Å². The van der Waals surface area contributed by atoms with Gasteiger partial charge in [-0.05, 0) is 43.1 Å². The summed E-state index contributed by atoms with van der Waals surface area (Å²) in [5.41, 5.74) is 7.98. The lowest BCUT2D eigenvalue weighted by atomic mass is 10.1. The number of hydrogen-bond acceptors (Lipinski definition) is 4. The van der Waals surface area contributed by atoms with E-state index in [2.05, 4.69) is 15.4 Å². The topological polar surface area (TPSA) is 85.8 Å². The molecule has 1 atom stereocenters. The zero-order valence-corrected chi connectivity index (χ0v) is 11.7. The maximum Gasteiger partial charge on any atom is 0.251 e. The van der Waals surface area contributed by atoms with E-state index in [-0.39, 0.29) is 11.8 Å². The Balaban J connectivity index is 2.11. The summed E-state index contributed by atoms with van der Waals surface area (Å²) in [6.07, 6.45) is 3.10. The van der Waals surface area contributed by atoms with Gasteiger partial charge in [0, 0.05) is 12.1 Å². The van der Waals surface area contributed by atoms with E-state index < -0.39 is 0 Å². The van der Waals surface area contributed by atoms with Crippen LogP contribution in [0.5, 0.6) is 0 Å². The second kappa shape index (κ2) is 6.29. The van der Waals surface area contributed by atoms with Gasteiger partial charge in [-0.1, -0.05) is 6.92 Å². The first-order valence-corrected chi connectivity index (χ1v) is 6.55. The molecule has 0 fully saturated rings. The van der Waals surface area contributed by atoms with Gasteiger partial charge in [-0.3, -0.25) is 4.79 Å². The van der Waals surface area contributed by atoms with Gasteiger partial charge >= 0.3 is 0 Å². The predicted molar refractivity (Wildman–Crippen MR) is 76.6 cm³/mol. The van der Waals surface area contributed by atoms with Gasteiger partial charge in [0.1, 0.15) is 12.7 Å². The van der Waals surface area contributed by atoms with E-state index in [0.29, 0.717) is 18.7 Å². The number of rotatable bonds is 5. The maximum absolute atomic E-state index is 12.1. The van der Waals surface area contributed by atoms with Crippen molar-refractivity contribution in [3.8, 4) is 5.69 Å². The summed E-state index contributed by atoms with van der Waals surface area (Å²) in [4.78, 5) is 16.0. The molecule has 0 aliphatic heterocycles. The van der Waals surface area contributed by atoms with E-state index >= 15 is 0 Å². The molecule has 0 saturated carbocycles. The molecule has 0 saturated heterocycles. The van der Waals surface area contributed by atoms with Crippen molar-refractivity contribution in [3.63, 3.8) is 0 Å². The van der Waals surface area contributed by atoms with Crippen molar-refractivity contribution in [2.75, 3.05) is 13.1 Å². The fraction of sp³-hybridized carbons (Fsp3) is 0.357. The molecule has 1 heterocycles. The monoisotopic (exact) mass is 273 g/mol. The number of hydrogen-bond donors (Lipinski definition) is 2. The number of nitrogens with two attached hydrogens (primary N) is 1. The average Bonchev–Trinajstić information content (AvgIpc) is 2.98. The van der Waals surface area contributed by atoms with E-state index in [1.54, 1.807) is 17.1 Å². The third kappa shape index (κ3) is 3.21. The molecule has 0 aliphatic carbocycles. The van der Waals surface area contributed by atoms with Crippen LogP contribution in [0, 0.1) is 12.8 Å². The number of benzene rings is 1. The lowest BCUT2D eigenvalue weighted by molar-refractivity contribution is 0.0948. The normalized spacial score (nSPS) is 12.2. The van der Waals surface area contributed by atoms with Crippen LogP contribution in [0.1, 0.15) is 22.8 Å². The predicted octanol–water partition coefficient (Wildman–Crippen LogP) is 0.900. The minimum atomic E-state index is -0.0760. The van der Waals surface area contributed by atoms with E-state index in [1.165, 1.54) is 6.33 Å². The highest BCUT2D eigenvalue weighted by Crippen LogP contribution is 2.13. The van der Waals surface area contributed by atoms with Gasteiger partial charge in [0.05, 0.1) is 5.69 Å². The van der Waals surface area contributed by atoms with Crippen molar-refractivity contribution >= 4 is 5.91 Å². The van der Waals surface area contributed by atoms with E-state index in [1.807, 2.05) is 26.0 Å². The van der Waals surface area contributed by atoms with Crippen molar-refractivity contribution in [3.05, 3.63) is 42.0 Å². The minimum Gasteiger partial charge on any atom is -0.352 e. The summed E-state index contributed by atoms with van der Waals surface area (Å²) < 4.78 is 1.66. The smallest absolute Gasteiger partial charge is 0.251 e. The zero-order chi connectivity index (χ0) is 14.5. The summed E-state index contributed by atoms with van der Waals surface area (Å²) in [5, 5.41) is 6.95. The number of aromatic nitrogens is 3. The Morgan fingerprint density at radius 2 is 2.30 bits per heavy atom. The van der Waals surface area contributed by atoms with Crippen LogP contribution in [0.25, 0.3) is 5.69 Å². The number of aryl methyl sites for hydroxylation is 1. The Morgan fingerprint density at radius 1 is 1.50 bits per heavy atom. The Kier molecular flexibility index (Phi) is 4.47. The van der Waals surface area contributed by atoms with Crippen LogP contribution >= 0.6 is 0 Å². The number of carbonyl (C=O) groups excluding carboxylic acids is 1. The summed E-state index contributed by atoms with van der Waals surface area (Å²) in [7, 11) is 0. The lowest BCUT2D eigenvalue weighted by Crippen LogP contribution is -2.31. The van der Waals surface area contributed by atoms with Crippen LogP contribution < -0.4 is 11.1 Å². The Morgan fingerprint density at radius 3 is 2.90 bits per heavy atom. The molecule has 1 unspecified atom stereocenters. The zero-order valence-electron chi connectivity index (χ0n) is 11.7. The Hall–Kier alpha value is -2.21. The fourth-order valence-electron chi connectivity index (χ4n) is 1.83. The number of carbonyl (C=O) groups is 1. The molecule has 1 aromatic heterocycles. The number of nitrogens with one attached hydrogen (secondary N) is 1. The molecule has 1 aromatic carbocycles. The third-order valence-corrected chi connectivity index (χ3v) is 3.15. The van der Waals surface area contributed by atoms with Gasteiger partial charge in [0.2, 0.25) is 0 Å². The van der Waals surface area contributed by atoms with Crippen LogP contribution in [0.3, 0.4) is 0 Å². The molecule has 20 heavy (non-hydrogen) atoms. The first kappa shape index (κ1) is 14.2. The quantitative estimate of drug-likeness (QED) is 0.847. The molecule has 3 N–H and O–H groups in total. The summed E-state index contributed by atoms with van der Waals surface area (Å²) >= 11 is 0. The molecular weight excluding hydrogens is 254 g/mol. The molecule has 6 heteroatoms. The number of amides is 1. The molecule has 0 aliphatic rings. The summed E-state index contributed by atoms with van der Waals surface area (Å²) in [6, 6.07) is 5.56. The van der Waals surface area contributed by atoms with Crippen LogP contribution in [0.15, 0.2) is 30.9 Å². The van der Waals surface area contributed by atoms with Crippen molar-refractivity contribution in [1.29, 1.82) is 0 Å². The minimum absolute atomic E-state index is 0.0760. The summed E-state index contributed by atoms with van der Waals surface area (Å²) in [5.74, 6) is 0.196. The van der Waals surface area contributed by atoms with Crippen LogP contribution in [-0.2, 0) is 0 Å². The lowest BCUT2D eigenvalue weighted by Gasteiger charge is -2.12. The molecule has 106 valence electrons. The highest BCUT2D eigenvalue weighted by Gasteiger charge is 2.11. The van der Waals surface area contributed by atoms with Gasteiger partial charge in [0.25, 0.3) is 5.91 Å². The van der Waals surface area contributed by atoms with Crippen molar-refractivity contribution in [2.45, 2.75) is 13.8 Å². The first-order chi connectivity index (χ1) is 9.61. The fourth-order valence-corrected chi connectivity index (χ4v) is 1.83. The van der Waals surface area contributed by atoms with E-state index in [4.69, 9.17) is 5.73 Å². The molecule has 0 bridgehead atoms. The molecule has 0 spiro atoms. The number of nitrogens with zero attached hydrogens (tertiary/aromatic N) is 3. The highest BCUT2D eigenvalue weighted by atomic mass is 16.1. The van der Waals surface area contributed by atoms with Gasteiger partial charge < -0.3 is 11.1 Å². The van der Waals surface area contributed by atoms with E-state index in [0.717, 1.165) is 11.3 Å². The van der Waals surface area contributed by atoms with Gasteiger partial charge in [-0.15, -0.1) is 0 Å². The standard InChI is InChI=1S/C14H19N5O/c1-10(6-15)7-17-14(20)13-4-3-12(5-11(13)2)19-9-16-8-18-19/h3-5,8-10H,6-7,15H2,1-2H3,(H,17,20). The second-order valence-electron chi connectivity index (χ2n) is 4.89. The Labute approximate surface area is 118 Å². The van der Waals surface area contributed by atoms with E-state index in [9.17, 15) is 4.79 Å². The van der Waals surface area contributed by atoms with Crippen LogP contribution in [-0.4, -0.2) is 33.8 Å². The molecule has 0 radical (unpaired) electrons. The molecule has 6 nitrogen and oxygen atoms in total. The average molecular weight is 273 g/mol. The largest absolute Gasteiger partial charge is 0.352 e. The molecule has 2 rings (SSSR count). The van der Waals surface area contributed by atoms with Crippen molar-refractivity contribution in [1.82, 2.24) is 20.1 Å². The van der Waals surface area contributed by atoms with Crippen molar-refractivity contribution in [2.24, 2.45) is 11.7 Å². The third-order valence-electron chi connectivity index (χ3n) is 3.15. The van der Waals surface area contributed by atoms with Crippen molar-refractivity contribution < 1.29 is 4.79 Å². The molecular formula is C14H19N5O.